The fourth-order valence-electron chi connectivity index (χ4n) is 2.99. The molecule has 1 aromatic heterocycles. The minimum atomic E-state index is 0. The number of nitrogens with one attached hydrogen (secondary N) is 2. The molecule has 2 N–H and O–H groups in total. The van der Waals surface area contributed by atoms with Crippen LogP contribution in [0.2, 0.25) is 0 Å². The van der Waals surface area contributed by atoms with Gasteiger partial charge in [-0.15, -0.1) is 24.0 Å². The fourth-order valence-corrected chi connectivity index (χ4v) is 2.99. The molecule has 0 aliphatic rings. The molecule has 0 bridgehead atoms. The summed E-state index contributed by atoms with van der Waals surface area (Å²) < 4.78 is 10.8. The number of nitrogens with zero attached hydrogens (tertiary/aromatic N) is 2. The van der Waals surface area contributed by atoms with E-state index in [4.69, 9.17) is 14.5 Å². The van der Waals surface area contributed by atoms with Crippen molar-refractivity contribution in [3.8, 4) is 5.75 Å². The number of aromatic nitrogens is 1. The van der Waals surface area contributed by atoms with Crippen molar-refractivity contribution in [2.75, 3.05) is 38.7 Å². The summed E-state index contributed by atoms with van der Waals surface area (Å²) in [7, 11) is 1.70. The molecular formula is C23H35IN4O2. The van der Waals surface area contributed by atoms with Crippen molar-refractivity contribution in [3.63, 3.8) is 0 Å². The molecule has 7 heteroatoms. The standard InChI is InChI=1S/C23H34N4O2.HI/c1-5-25-23(26-17-22(18(2)3)19-9-7-12-24-16-19)27-20-10-6-11-21(15-20)29-14-8-13-28-4;/h6-7,9-12,15-16,18,22H,5,8,13-14,17H2,1-4H3,(H2,25,26,27);1H. The second-order valence-electron chi connectivity index (χ2n) is 7.20. The van der Waals surface area contributed by atoms with Gasteiger partial charge < -0.3 is 20.1 Å². The van der Waals surface area contributed by atoms with E-state index in [1.165, 1.54) is 5.56 Å². The molecule has 6 nitrogen and oxygen atoms in total. The maximum atomic E-state index is 5.79. The van der Waals surface area contributed by atoms with Gasteiger partial charge in [0.1, 0.15) is 5.75 Å². The van der Waals surface area contributed by atoms with Crippen LogP contribution in [0.3, 0.4) is 0 Å². The lowest BCUT2D eigenvalue weighted by atomic mass is 9.89. The summed E-state index contributed by atoms with van der Waals surface area (Å²) in [5, 5.41) is 6.71. The molecule has 0 spiro atoms. The van der Waals surface area contributed by atoms with Crippen LogP contribution < -0.4 is 15.4 Å². The highest BCUT2D eigenvalue weighted by molar-refractivity contribution is 14.0. The second-order valence-corrected chi connectivity index (χ2v) is 7.20. The van der Waals surface area contributed by atoms with E-state index in [9.17, 15) is 0 Å². The lowest BCUT2D eigenvalue weighted by molar-refractivity contribution is 0.172. The van der Waals surface area contributed by atoms with E-state index in [1.807, 2.05) is 36.5 Å². The molecule has 2 aromatic rings. The van der Waals surface area contributed by atoms with Crippen LogP contribution in [0, 0.1) is 5.92 Å². The number of hydrogen-bond donors (Lipinski definition) is 2. The largest absolute Gasteiger partial charge is 0.493 e. The van der Waals surface area contributed by atoms with E-state index in [0.717, 1.165) is 30.4 Å². The number of rotatable bonds is 11. The number of guanidine groups is 1. The monoisotopic (exact) mass is 526 g/mol. The summed E-state index contributed by atoms with van der Waals surface area (Å²) in [6.07, 6.45) is 4.61. The minimum Gasteiger partial charge on any atom is -0.493 e. The summed E-state index contributed by atoms with van der Waals surface area (Å²) in [5.74, 6) is 2.38. The number of benzene rings is 1. The Morgan fingerprint density at radius 3 is 2.67 bits per heavy atom. The highest BCUT2D eigenvalue weighted by Gasteiger charge is 2.16. The van der Waals surface area contributed by atoms with Crippen LogP contribution in [0.4, 0.5) is 5.69 Å². The topological polar surface area (TPSA) is 67.8 Å². The van der Waals surface area contributed by atoms with Gasteiger partial charge in [0.15, 0.2) is 5.96 Å². The maximum absolute atomic E-state index is 5.79. The lowest BCUT2D eigenvalue weighted by Gasteiger charge is -2.20. The van der Waals surface area contributed by atoms with Crippen molar-refractivity contribution in [1.29, 1.82) is 0 Å². The predicted molar refractivity (Wildman–Crippen MR) is 135 cm³/mol. The first-order valence-electron chi connectivity index (χ1n) is 10.3. The highest BCUT2D eigenvalue weighted by Crippen LogP contribution is 2.24. The van der Waals surface area contributed by atoms with E-state index in [-0.39, 0.29) is 24.0 Å². The molecule has 166 valence electrons. The first-order chi connectivity index (χ1) is 14.1. The Balaban J connectivity index is 0.00000450. The molecule has 0 aliphatic carbocycles. The van der Waals surface area contributed by atoms with Crippen LogP contribution in [0.15, 0.2) is 53.8 Å². The van der Waals surface area contributed by atoms with Crippen molar-refractivity contribution >= 4 is 35.6 Å². The lowest BCUT2D eigenvalue weighted by Crippen LogP contribution is -2.31. The molecule has 0 fully saturated rings. The fraction of sp³-hybridized carbons (Fsp3) is 0.478. The first-order valence-corrected chi connectivity index (χ1v) is 10.3. The van der Waals surface area contributed by atoms with Crippen molar-refractivity contribution in [2.45, 2.75) is 33.1 Å². The van der Waals surface area contributed by atoms with Gasteiger partial charge in [0.05, 0.1) is 6.61 Å². The van der Waals surface area contributed by atoms with Crippen LogP contribution >= 0.6 is 24.0 Å². The molecule has 0 saturated heterocycles. The van der Waals surface area contributed by atoms with Gasteiger partial charge in [-0.25, -0.2) is 0 Å². The molecule has 1 heterocycles. The summed E-state index contributed by atoms with van der Waals surface area (Å²) in [5.41, 5.74) is 2.16. The van der Waals surface area contributed by atoms with Crippen molar-refractivity contribution in [1.82, 2.24) is 10.3 Å². The van der Waals surface area contributed by atoms with Crippen molar-refractivity contribution in [2.24, 2.45) is 10.9 Å². The van der Waals surface area contributed by atoms with Gasteiger partial charge in [0.25, 0.3) is 0 Å². The van der Waals surface area contributed by atoms with E-state index < -0.39 is 0 Å². The SMILES string of the molecule is CCNC(=NCC(c1cccnc1)C(C)C)Nc1cccc(OCCCOC)c1.I. The molecular weight excluding hydrogens is 491 g/mol. The molecule has 0 aliphatic heterocycles. The third kappa shape index (κ3) is 9.30. The average Bonchev–Trinajstić information content (AvgIpc) is 2.72. The summed E-state index contributed by atoms with van der Waals surface area (Å²) in [6, 6.07) is 12.0. The predicted octanol–water partition coefficient (Wildman–Crippen LogP) is 4.93. The minimum absolute atomic E-state index is 0. The first kappa shape index (κ1) is 26.2. The Morgan fingerprint density at radius 2 is 2.00 bits per heavy atom. The number of halogens is 1. The second kappa shape index (κ2) is 15.0. The summed E-state index contributed by atoms with van der Waals surface area (Å²) >= 11 is 0. The Kier molecular flexibility index (Phi) is 13.1. The van der Waals surface area contributed by atoms with Crippen LogP contribution in [-0.2, 0) is 4.74 Å². The van der Waals surface area contributed by atoms with E-state index in [0.29, 0.717) is 31.6 Å². The average molecular weight is 526 g/mol. The van der Waals surface area contributed by atoms with Crippen LogP contribution in [-0.4, -0.2) is 44.4 Å². The van der Waals surface area contributed by atoms with E-state index in [2.05, 4.69) is 42.5 Å². The Labute approximate surface area is 197 Å². The van der Waals surface area contributed by atoms with Crippen molar-refractivity contribution in [3.05, 3.63) is 54.4 Å². The molecule has 0 radical (unpaired) electrons. The highest BCUT2D eigenvalue weighted by atomic mass is 127. The van der Waals surface area contributed by atoms with E-state index in [1.54, 1.807) is 13.3 Å². The number of aliphatic imine (C=N–C) groups is 1. The van der Waals surface area contributed by atoms with Crippen LogP contribution in [0.25, 0.3) is 0 Å². The van der Waals surface area contributed by atoms with Gasteiger partial charge in [0.2, 0.25) is 0 Å². The number of hydrogen-bond acceptors (Lipinski definition) is 4. The zero-order valence-electron chi connectivity index (χ0n) is 18.4. The molecule has 1 atom stereocenters. The van der Waals surface area contributed by atoms with Crippen molar-refractivity contribution < 1.29 is 9.47 Å². The van der Waals surface area contributed by atoms with E-state index >= 15 is 0 Å². The van der Waals surface area contributed by atoms with Gasteiger partial charge >= 0.3 is 0 Å². The summed E-state index contributed by atoms with van der Waals surface area (Å²) in [4.78, 5) is 9.10. The number of ether oxygens (including phenoxy) is 2. The van der Waals surface area contributed by atoms with Gasteiger partial charge in [-0.3, -0.25) is 9.98 Å². The van der Waals surface area contributed by atoms with Gasteiger partial charge in [-0.1, -0.05) is 26.0 Å². The Hall–Kier alpha value is -1.87. The van der Waals surface area contributed by atoms with Crippen LogP contribution in [0.1, 0.15) is 38.7 Å². The normalized spacial score (nSPS) is 12.2. The molecule has 0 saturated carbocycles. The Bertz CT molecular complexity index is 741. The third-order valence-corrected chi connectivity index (χ3v) is 4.57. The van der Waals surface area contributed by atoms with Gasteiger partial charge in [0, 0.05) is 63.3 Å². The third-order valence-electron chi connectivity index (χ3n) is 4.57. The summed E-state index contributed by atoms with van der Waals surface area (Å²) in [6.45, 7) is 9.31. The number of methoxy groups -OCH3 is 1. The molecule has 2 rings (SSSR count). The molecule has 30 heavy (non-hydrogen) atoms. The van der Waals surface area contributed by atoms with Crippen LogP contribution in [0.5, 0.6) is 5.75 Å². The number of pyridine rings is 1. The zero-order valence-corrected chi connectivity index (χ0v) is 20.8. The van der Waals surface area contributed by atoms with Gasteiger partial charge in [-0.05, 0) is 36.6 Å². The van der Waals surface area contributed by atoms with Gasteiger partial charge in [-0.2, -0.15) is 0 Å². The number of anilines is 1. The zero-order chi connectivity index (χ0) is 20.9. The molecule has 0 amide bonds. The smallest absolute Gasteiger partial charge is 0.195 e. The maximum Gasteiger partial charge on any atom is 0.195 e. The quantitative estimate of drug-likeness (QED) is 0.188. The Morgan fingerprint density at radius 1 is 1.17 bits per heavy atom. The molecule has 1 aromatic carbocycles. The molecule has 1 unspecified atom stereocenters.